The van der Waals surface area contributed by atoms with Crippen molar-refractivity contribution in [2.75, 3.05) is 10.6 Å². The highest BCUT2D eigenvalue weighted by molar-refractivity contribution is 9.10. The van der Waals surface area contributed by atoms with Crippen LogP contribution in [-0.2, 0) is 6.61 Å². The lowest BCUT2D eigenvalue weighted by atomic mass is 10.1. The standard InChI is InChI=1S/C18H19BrClN5O/c1-10-8-22-18(23-13-5-12(9-26)16(19)14(20)6-13)25-17(10)24-15-4-2-3-11(15)7-21/h5-6,8,11,15,26H,2-4,9H2,1H3,(H2,22,23,24,25)/t11?,15-/m0/s1. The molecule has 2 atom stereocenters. The number of aryl methyl sites for hydroxylation is 1. The Kier molecular flexibility index (Phi) is 5.97. The Morgan fingerprint density at radius 2 is 2.23 bits per heavy atom. The molecular weight excluding hydrogens is 418 g/mol. The second kappa shape index (κ2) is 8.21. The summed E-state index contributed by atoms with van der Waals surface area (Å²) in [5.41, 5.74) is 2.28. The summed E-state index contributed by atoms with van der Waals surface area (Å²) in [4.78, 5) is 8.86. The number of hydrogen-bond acceptors (Lipinski definition) is 6. The molecular formula is C18H19BrClN5O. The van der Waals surface area contributed by atoms with Crippen LogP contribution in [0.25, 0.3) is 0 Å². The molecule has 1 unspecified atom stereocenters. The Hall–Kier alpha value is -1.88. The number of anilines is 3. The van der Waals surface area contributed by atoms with Gasteiger partial charge in [-0.15, -0.1) is 0 Å². The molecule has 0 amide bonds. The van der Waals surface area contributed by atoms with Crippen LogP contribution < -0.4 is 10.6 Å². The van der Waals surface area contributed by atoms with Crippen LogP contribution >= 0.6 is 27.5 Å². The maximum absolute atomic E-state index is 9.44. The molecule has 0 saturated heterocycles. The van der Waals surface area contributed by atoms with Gasteiger partial charge >= 0.3 is 0 Å². The lowest BCUT2D eigenvalue weighted by Gasteiger charge is -2.18. The predicted molar refractivity (Wildman–Crippen MR) is 105 cm³/mol. The lowest BCUT2D eigenvalue weighted by Crippen LogP contribution is -2.24. The van der Waals surface area contributed by atoms with Gasteiger partial charge in [0, 0.05) is 28.0 Å². The van der Waals surface area contributed by atoms with Crippen LogP contribution in [0.1, 0.15) is 30.4 Å². The SMILES string of the molecule is Cc1cnc(Nc2cc(Cl)c(Br)c(CO)c2)nc1N[C@H]1CCCC1C#N. The van der Waals surface area contributed by atoms with Gasteiger partial charge in [-0.1, -0.05) is 11.6 Å². The van der Waals surface area contributed by atoms with E-state index in [4.69, 9.17) is 11.6 Å². The zero-order chi connectivity index (χ0) is 18.7. The molecule has 26 heavy (non-hydrogen) atoms. The van der Waals surface area contributed by atoms with Gasteiger partial charge in [0.05, 0.1) is 23.6 Å². The summed E-state index contributed by atoms with van der Waals surface area (Å²) in [5.74, 6) is 1.16. The molecule has 6 nitrogen and oxygen atoms in total. The molecule has 3 N–H and O–H groups in total. The molecule has 1 aromatic heterocycles. The molecule has 1 aliphatic carbocycles. The normalized spacial score (nSPS) is 19.2. The third kappa shape index (κ3) is 4.09. The highest BCUT2D eigenvalue weighted by Crippen LogP contribution is 2.32. The number of nitrogens with zero attached hydrogens (tertiary/aromatic N) is 3. The highest BCUT2D eigenvalue weighted by Gasteiger charge is 2.27. The molecule has 1 aromatic carbocycles. The van der Waals surface area contributed by atoms with E-state index in [1.807, 2.05) is 6.92 Å². The second-order valence-electron chi connectivity index (χ2n) is 6.36. The summed E-state index contributed by atoms with van der Waals surface area (Å²) >= 11 is 9.54. The maximum atomic E-state index is 9.44. The topological polar surface area (TPSA) is 93.9 Å². The zero-order valence-corrected chi connectivity index (χ0v) is 16.6. The molecule has 0 spiro atoms. The van der Waals surface area contributed by atoms with Gasteiger partial charge in [0.15, 0.2) is 0 Å². The Bertz CT molecular complexity index is 854. The Labute approximate surface area is 165 Å². The van der Waals surface area contributed by atoms with Crippen molar-refractivity contribution in [2.45, 2.75) is 38.8 Å². The van der Waals surface area contributed by atoms with E-state index in [0.29, 0.717) is 26.7 Å². The van der Waals surface area contributed by atoms with E-state index in [1.165, 1.54) is 0 Å². The van der Waals surface area contributed by atoms with Crippen LogP contribution in [0.3, 0.4) is 0 Å². The average molecular weight is 437 g/mol. The fourth-order valence-corrected chi connectivity index (χ4v) is 3.67. The molecule has 2 aromatic rings. The number of hydrogen-bond donors (Lipinski definition) is 3. The van der Waals surface area contributed by atoms with Crippen molar-refractivity contribution < 1.29 is 5.11 Å². The largest absolute Gasteiger partial charge is 0.392 e. The Morgan fingerprint density at radius 1 is 1.42 bits per heavy atom. The Balaban J connectivity index is 1.82. The van der Waals surface area contributed by atoms with Crippen LogP contribution in [0.15, 0.2) is 22.8 Å². The number of rotatable bonds is 5. The van der Waals surface area contributed by atoms with E-state index < -0.39 is 0 Å². The number of aliphatic hydroxyl groups excluding tert-OH is 1. The molecule has 136 valence electrons. The minimum Gasteiger partial charge on any atom is -0.392 e. The minimum atomic E-state index is -0.130. The fraction of sp³-hybridized carbons (Fsp3) is 0.389. The maximum Gasteiger partial charge on any atom is 0.229 e. The summed E-state index contributed by atoms with van der Waals surface area (Å²) in [7, 11) is 0. The van der Waals surface area contributed by atoms with Crippen LogP contribution in [-0.4, -0.2) is 21.1 Å². The third-order valence-corrected chi connectivity index (χ3v) is 5.97. The van der Waals surface area contributed by atoms with Gasteiger partial charge in [0.1, 0.15) is 5.82 Å². The van der Waals surface area contributed by atoms with Gasteiger partial charge in [0.2, 0.25) is 5.95 Å². The first kappa shape index (κ1) is 18.9. The second-order valence-corrected chi connectivity index (χ2v) is 7.56. The monoisotopic (exact) mass is 435 g/mol. The summed E-state index contributed by atoms with van der Waals surface area (Å²) in [5, 5.41) is 25.7. The molecule has 0 aliphatic heterocycles. The smallest absolute Gasteiger partial charge is 0.229 e. The van der Waals surface area contributed by atoms with Crippen LogP contribution in [0.4, 0.5) is 17.5 Å². The summed E-state index contributed by atoms with van der Waals surface area (Å²) in [6, 6.07) is 6.01. The van der Waals surface area contributed by atoms with Crippen molar-refractivity contribution in [1.82, 2.24) is 9.97 Å². The summed E-state index contributed by atoms with van der Waals surface area (Å²) in [6.45, 7) is 1.80. The minimum absolute atomic E-state index is 0.0122. The van der Waals surface area contributed by atoms with Crippen LogP contribution in [0.2, 0.25) is 5.02 Å². The first-order valence-electron chi connectivity index (χ1n) is 8.37. The van der Waals surface area contributed by atoms with E-state index in [-0.39, 0.29) is 18.6 Å². The van der Waals surface area contributed by atoms with Crippen LogP contribution in [0, 0.1) is 24.2 Å². The number of aromatic nitrogens is 2. The molecule has 1 aliphatic rings. The third-order valence-electron chi connectivity index (χ3n) is 4.51. The Morgan fingerprint density at radius 3 is 2.96 bits per heavy atom. The summed E-state index contributed by atoms with van der Waals surface area (Å²) in [6.07, 6.45) is 4.67. The molecule has 1 heterocycles. The van der Waals surface area contributed by atoms with E-state index in [0.717, 1.165) is 30.6 Å². The number of aliphatic hydroxyl groups is 1. The van der Waals surface area contributed by atoms with Gasteiger partial charge in [0.25, 0.3) is 0 Å². The van der Waals surface area contributed by atoms with E-state index in [1.54, 1.807) is 18.3 Å². The quantitative estimate of drug-likeness (QED) is 0.637. The van der Waals surface area contributed by atoms with Gasteiger partial charge in [-0.25, -0.2) is 4.98 Å². The number of nitriles is 1. The van der Waals surface area contributed by atoms with Gasteiger partial charge in [-0.2, -0.15) is 10.2 Å². The number of nitrogens with one attached hydrogen (secondary N) is 2. The van der Waals surface area contributed by atoms with Gasteiger partial charge < -0.3 is 15.7 Å². The van der Waals surface area contributed by atoms with Crippen molar-refractivity contribution in [2.24, 2.45) is 5.92 Å². The molecule has 0 bridgehead atoms. The van der Waals surface area contributed by atoms with E-state index >= 15 is 0 Å². The molecule has 1 fully saturated rings. The molecule has 1 saturated carbocycles. The van der Waals surface area contributed by atoms with Crippen molar-refractivity contribution in [3.05, 3.63) is 39.0 Å². The lowest BCUT2D eigenvalue weighted by molar-refractivity contribution is 0.281. The van der Waals surface area contributed by atoms with Gasteiger partial charge in [-0.3, -0.25) is 0 Å². The predicted octanol–water partition coefficient (Wildman–Crippen LogP) is 4.54. The van der Waals surface area contributed by atoms with Crippen molar-refractivity contribution in [3.8, 4) is 6.07 Å². The summed E-state index contributed by atoms with van der Waals surface area (Å²) < 4.78 is 0.670. The average Bonchev–Trinajstić information content (AvgIpc) is 3.08. The molecule has 8 heteroatoms. The number of halogens is 2. The van der Waals surface area contributed by atoms with E-state index in [2.05, 4.69) is 42.6 Å². The van der Waals surface area contributed by atoms with Gasteiger partial charge in [-0.05, 0) is 59.8 Å². The fourth-order valence-electron chi connectivity index (χ4n) is 3.07. The first-order valence-corrected chi connectivity index (χ1v) is 9.54. The van der Waals surface area contributed by atoms with Crippen molar-refractivity contribution in [3.63, 3.8) is 0 Å². The van der Waals surface area contributed by atoms with Crippen LogP contribution in [0.5, 0.6) is 0 Å². The number of benzene rings is 1. The van der Waals surface area contributed by atoms with Crippen molar-refractivity contribution in [1.29, 1.82) is 5.26 Å². The first-order chi connectivity index (χ1) is 12.5. The molecule has 0 radical (unpaired) electrons. The van der Waals surface area contributed by atoms with E-state index in [9.17, 15) is 10.4 Å². The zero-order valence-electron chi connectivity index (χ0n) is 14.3. The molecule has 3 rings (SSSR count). The highest BCUT2D eigenvalue weighted by atomic mass is 79.9. The van der Waals surface area contributed by atoms with Crippen molar-refractivity contribution >= 4 is 45.0 Å².